The summed E-state index contributed by atoms with van der Waals surface area (Å²) in [5.74, 6) is 0.489. The van der Waals surface area contributed by atoms with Crippen LogP contribution >= 0.6 is 0 Å². The number of aromatic amines is 1. The Morgan fingerprint density at radius 3 is 2.73 bits per heavy atom. The van der Waals surface area contributed by atoms with E-state index in [1.165, 1.54) is 12.4 Å². The fourth-order valence-corrected chi connectivity index (χ4v) is 4.25. The average Bonchev–Trinajstić information content (AvgIpc) is 3.38. The number of halogens is 1. The number of carbonyl (C=O) groups excluding carboxylic acids is 1. The van der Waals surface area contributed by atoms with E-state index in [0.29, 0.717) is 24.3 Å². The van der Waals surface area contributed by atoms with Crippen molar-refractivity contribution in [2.75, 3.05) is 18.0 Å². The minimum Gasteiger partial charge on any atom is -0.444 e. The first kappa shape index (κ1) is 18.8. The van der Waals surface area contributed by atoms with Crippen LogP contribution in [-0.4, -0.2) is 56.7 Å². The molecule has 1 N–H and O–H groups in total. The molecule has 1 aromatic carbocycles. The molecule has 7 nitrogen and oxygen atoms in total. The van der Waals surface area contributed by atoms with Crippen LogP contribution in [0.15, 0.2) is 36.8 Å². The van der Waals surface area contributed by atoms with Gasteiger partial charge in [-0.3, -0.25) is 0 Å². The van der Waals surface area contributed by atoms with E-state index in [0.717, 1.165) is 23.2 Å². The number of piperazine rings is 1. The first-order valence-corrected chi connectivity index (χ1v) is 10.2. The van der Waals surface area contributed by atoms with Gasteiger partial charge >= 0.3 is 6.09 Å². The van der Waals surface area contributed by atoms with Crippen LogP contribution in [0.25, 0.3) is 22.2 Å². The number of nitrogens with one attached hydrogen (secondary N) is 1. The SMILES string of the molecule is CC(C)(C)OC(=O)N1CCN(c2ncnc3[nH]cc(-c4ccccc4F)c23)C2CC21. The van der Waals surface area contributed by atoms with Crippen molar-refractivity contribution in [2.45, 2.75) is 44.9 Å². The highest BCUT2D eigenvalue weighted by Crippen LogP contribution is 2.43. The lowest BCUT2D eigenvalue weighted by atomic mass is 10.1. The molecule has 156 valence electrons. The van der Waals surface area contributed by atoms with Crippen molar-refractivity contribution in [3.8, 4) is 11.1 Å². The smallest absolute Gasteiger partial charge is 0.410 e. The molecule has 0 bridgehead atoms. The second kappa shape index (κ2) is 6.68. The van der Waals surface area contributed by atoms with E-state index >= 15 is 0 Å². The molecule has 2 atom stereocenters. The summed E-state index contributed by atoms with van der Waals surface area (Å²) < 4.78 is 20.0. The molecule has 5 rings (SSSR count). The maximum Gasteiger partial charge on any atom is 0.410 e. The number of amides is 1. The number of fused-ring (bicyclic) bond motifs is 2. The standard InChI is InChI=1S/C22H24FN5O2/c1-22(2,3)30-21(29)28-9-8-27(16-10-17(16)28)20-18-14(11-24-19(18)25-12-26-20)13-6-4-5-7-15(13)23/h4-7,11-12,16-17H,8-10H2,1-3H3,(H,24,25,26). The quantitative estimate of drug-likeness (QED) is 0.693. The Bertz CT molecular complexity index is 1120. The lowest BCUT2D eigenvalue weighted by Gasteiger charge is -2.36. The third-order valence-electron chi connectivity index (χ3n) is 5.62. The summed E-state index contributed by atoms with van der Waals surface area (Å²) in [6, 6.07) is 6.98. The van der Waals surface area contributed by atoms with Crippen molar-refractivity contribution in [3.63, 3.8) is 0 Å². The molecule has 8 heteroatoms. The molecule has 1 saturated heterocycles. The van der Waals surface area contributed by atoms with Crippen LogP contribution in [0.5, 0.6) is 0 Å². The maximum atomic E-state index is 14.5. The molecular formula is C22H24FN5O2. The molecule has 1 amide bonds. The molecular weight excluding hydrogens is 385 g/mol. The fraction of sp³-hybridized carbons (Fsp3) is 0.409. The summed E-state index contributed by atoms with van der Waals surface area (Å²) in [6.07, 6.45) is 3.90. The highest BCUT2D eigenvalue weighted by Gasteiger charge is 2.52. The third kappa shape index (κ3) is 3.16. The third-order valence-corrected chi connectivity index (χ3v) is 5.62. The highest BCUT2D eigenvalue weighted by atomic mass is 19.1. The Hall–Kier alpha value is -3.16. The molecule has 2 unspecified atom stereocenters. The summed E-state index contributed by atoms with van der Waals surface area (Å²) >= 11 is 0. The zero-order valence-electron chi connectivity index (χ0n) is 17.2. The topological polar surface area (TPSA) is 74.3 Å². The Kier molecular flexibility index (Phi) is 4.20. The van der Waals surface area contributed by atoms with E-state index in [9.17, 15) is 9.18 Å². The van der Waals surface area contributed by atoms with E-state index in [2.05, 4.69) is 19.9 Å². The number of benzene rings is 1. The summed E-state index contributed by atoms with van der Waals surface area (Å²) in [7, 11) is 0. The predicted octanol–water partition coefficient (Wildman–Crippen LogP) is 3.96. The van der Waals surface area contributed by atoms with E-state index in [-0.39, 0.29) is 24.0 Å². The Morgan fingerprint density at radius 2 is 1.97 bits per heavy atom. The second-order valence-corrected chi connectivity index (χ2v) is 8.84. The van der Waals surface area contributed by atoms with Crippen molar-refractivity contribution in [2.24, 2.45) is 0 Å². The van der Waals surface area contributed by atoms with Gasteiger partial charge in [-0.25, -0.2) is 19.2 Å². The van der Waals surface area contributed by atoms with Crippen molar-refractivity contribution in [3.05, 3.63) is 42.6 Å². The Labute approximate surface area is 173 Å². The first-order valence-electron chi connectivity index (χ1n) is 10.2. The molecule has 30 heavy (non-hydrogen) atoms. The Morgan fingerprint density at radius 1 is 1.17 bits per heavy atom. The van der Waals surface area contributed by atoms with E-state index in [1.807, 2.05) is 31.7 Å². The summed E-state index contributed by atoms with van der Waals surface area (Å²) in [6.45, 7) is 6.81. The van der Waals surface area contributed by atoms with Crippen LogP contribution in [0.3, 0.4) is 0 Å². The molecule has 0 spiro atoms. The van der Waals surface area contributed by atoms with Gasteiger partial charge in [-0.2, -0.15) is 0 Å². The largest absolute Gasteiger partial charge is 0.444 e. The second-order valence-electron chi connectivity index (χ2n) is 8.84. The molecule has 2 aromatic heterocycles. The van der Waals surface area contributed by atoms with E-state index in [1.54, 1.807) is 18.3 Å². The van der Waals surface area contributed by atoms with Crippen LogP contribution in [0.2, 0.25) is 0 Å². The van der Waals surface area contributed by atoms with E-state index in [4.69, 9.17) is 4.74 Å². The lowest BCUT2D eigenvalue weighted by Crippen LogP contribution is -2.50. The molecule has 3 heterocycles. The minimum atomic E-state index is -0.517. The number of carbonyl (C=O) groups is 1. The number of hydrogen-bond acceptors (Lipinski definition) is 5. The lowest BCUT2D eigenvalue weighted by molar-refractivity contribution is 0.0218. The number of H-pyrrole nitrogens is 1. The van der Waals surface area contributed by atoms with Crippen molar-refractivity contribution < 1.29 is 13.9 Å². The Balaban J connectivity index is 1.47. The van der Waals surface area contributed by atoms with Gasteiger partial charge in [-0.15, -0.1) is 0 Å². The van der Waals surface area contributed by atoms with Crippen molar-refractivity contribution >= 4 is 22.9 Å². The van der Waals surface area contributed by atoms with Gasteiger partial charge in [0.25, 0.3) is 0 Å². The fourth-order valence-electron chi connectivity index (χ4n) is 4.25. The highest BCUT2D eigenvalue weighted by molar-refractivity contribution is 6.01. The minimum absolute atomic E-state index is 0.106. The number of ether oxygens (including phenoxy) is 1. The molecule has 3 aromatic rings. The molecule has 1 aliphatic heterocycles. The summed E-state index contributed by atoms with van der Waals surface area (Å²) in [5.41, 5.74) is 1.41. The number of hydrogen-bond donors (Lipinski definition) is 1. The van der Waals surface area contributed by atoms with Gasteiger partial charge < -0.3 is 19.5 Å². The molecule has 2 fully saturated rings. The molecule has 1 saturated carbocycles. The van der Waals surface area contributed by atoms with Crippen LogP contribution in [0.1, 0.15) is 27.2 Å². The zero-order chi connectivity index (χ0) is 21.0. The van der Waals surface area contributed by atoms with Crippen molar-refractivity contribution in [1.29, 1.82) is 0 Å². The van der Waals surface area contributed by atoms with Gasteiger partial charge in [-0.1, -0.05) is 18.2 Å². The number of nitrogens with zero attached hydrogens (tertiary/aromatic N) is 4. The maximum absolute atomic E-state index is 14.5. The van der Waals surface area contributed by atoms with Gasteiger partial charge in [0.2, 0.25) is 0 Å². The van der Waals surface area contributed by atoms with Crippen LogP contribution in [0.4, 0.5) is 15.0 Å². The van der Waals surface area contributed by atoms with Gasteiger partial charge in [0.1, 0.15) is 29.2 Å². The predicted molar refractivity (Wildman–Crippen MR) is 112 cm³/mol. The van der Waals surface area contributed by atoms with Gasteiger partial charge in [0.15, 0.2) is 0 Å². The van der Waals surface area contributed by atoms with Crippen LogP contribution < -0.4 is 4.90 Å². The normalized spacial score (nSPS) is 20.9. The summed E-state index contributed by atoms with van der Waals surface area (Å²) in [4.78, 5) is 28.6. The number of anilines is 1. The van der Waals surface area contributed by atoms with Crippen LogP contribution in [0, 0.1) is 5.82 Å². The molecule has 2 aliphatic rings. The summed E-state index contributed by atoms with van der Waals surface area (Å²) in [5, 5.41) is 0.805. The zero-order valence-corrected chi connectivity index (χ0v) is 17.2. The monoisotopic (exact) mass is 409 g/mol. The number of rotatable bonds is 2. The van der Waals surface area contributed by atoms with Gasteiger partial charge in [0.05, 0.1) is 17.5 Å². The molecule has 0 radical (unpaired) electrons. The number of aromatic nitrogens is 3. The van der Waals surface area contributed by atoms with Gasteiger partial charge in [0, 0.05) is 30.4 Å². The first-order chi connectivity index (χ1) is 14.3. The van der Waals surface area contributed by atoms with E-state index < -0.39 is 5.60 Å². The van der Waals surface area contributed by atoms with Gasteiger partial charge in [-0.05, 0) is 33.3 Å². The average molecular weight is 409 g/mol. The van der Waals surface area contributed by atoms with Crippen molar-refractivity contribution in [1.82, 2.24) is 19.9 Å². The molecule has 1 aliphatic carbocycles. The van der Waals surface area contributed by atoms with Crippen LogP contribution in [-0.2, 0) is 4.74 Å².